The van der Waals surface area contributed by atoms with E-state index in [1.54, 1.807) is 0 Å². The summed E-state index contributed by atoms with van der Waals surface area (Å²) in [5, 5.41) is 2.09. The van der Waals surface area contributed by atoms with Crippen LogP contribution in [0, 0.1) is 6.92 Å². The van der Waals surface area contributed by atoms with E-state index < -0.39 is 0 Å². The molecule has 0 spiro atoms. The molecule has 0 atom stereocenters. The first-order chi connectivity index (χ1) is 11.0. The van der Waals surface area contributed by atoms with E-state index in [4.69, 9.17) is 34.8 Å². The van der Waals surface area contributed by atoms with Crippen LogP contribution in [0.2, 0.25) is 15.1 Å². The van der Waals surface area contributed by atoms with Gasteiger partial charge in [-0.3, -0.25) is 0 Å². The van der Waals surface area contributed by atoms with Gasteiger partial charge in [-0.25, -0.2) is 9.13 Å². The second-order valence-corrected chi connectivity index (χ2v) is 6.87. The molecule has 1 heterocycles. The number of rotatable bonds is 4. The van der Waals surface area contributed by atoms with Gasteiger partial charge in [-0.2, -0.15) is 0 Å². The van der Waals surface area contributed by atoms with Gasteiger partial charge in [0, 0.05) is 33.6 Å². The number of nitrogens with zero attached hydrogens (tertiary/aromatic N) is 2. The van der Waals surface area contributed by atoms with Crippen molar-refractivity contribution in [3.63, 3.8) is 0 Å². The minimum atomic E-state index is 0.623. The summed E-state index contributed by atoms with van der Waals surface area (Å²) in [6.45, 7) is 5.88. The molecule has 3 aromatic rings. The fraction of sp³-hybridized carbons (Fsp3) is 0.278. The lowest BCUT2D eigenvalue weighted by Gasteiger charge is -2.06. The molecule has 0 amide bonds. The Labute approximate surface area is 151 Å². The van der Waals surface area contributed by atoms with Gasteiger partial charge in [0.1, 0.15) is 6.54 Å². The third-order valence-electron chi connectivity index (χ3n) is 4.13. The zero-order chi connectivity index (χ0) is 16.6. The maximum atomic E-state index is 6.35. The van der Waals surface area contributed by atoms with Crippen molar-refractivity contribution < 1.29 is 4.57 Å². The number of benzene rings is 2. The summed E-state index contributed by atoms with van der Waals surface area (Å²) in [5.41, 5.74) is 3.20. The van der Waals surface area contributed by atoms with Gasteiger partial charge in [-0.15, -0.1) is 0 Å². The van der Waals surface area contributed by atoms with E-state index in [9.17, 15) is 0 Å². The van der Waals surface area contributed by atoms with Crippen molar-refractivity contribution in [3.05, 3.63) is 62.9 Å². The van der Waals surface area contributed by atoms with E-state index in [0.717, 1.165) is 29.1 Å². The van der Waals surface area contributed by atoms with E-state index in [1.165, 1.54) is 11.3 Å². The fourth-order valence-electron chi connectivity index (χ4n) is 2.98. The Morgan fingerprint density at radius 2 is 1.74 bits per heavy atom. The average Bonchev–Trinajstić information content (AvgIpc) is 2.76. The quantitative estimate of drug-likeness (QED) is 0.526. The van der Waals surface area contributed by atoms with Crippen LogP contribution in [0.15, 0.2) is 36.4 Å². The predicted octanol–water partition coefficient (Wildman–Crippen LogP) is 5.66. The van der Waals surface area contributed by atoms with E-state index in [-0.39, 0.29) is 0 Å². The SMILES string of the molecule is CCC[n+]1c(C)n(Cc2c(Cl)cccc2Cl)c2cc(Cl)ccc21. The van der Waals surface area contributed by atoms with Crippen molar-refractivity contribution in [3.8, 4) is 0 Å². The maximum absolute atomic E-state index is 6.35. The summed E-state index contributed by atoms with van der Waals surface area (Å²) < 4.78 is 4.54. The van der Waals surface area contributed by atoms with Gasteiger partial charge in [-0.05, 0) is 30.7 Å². The molecular formula is C18H18Cl3N2+. The lowest BCUT2D eigenvalue weighted by Crippen LogP contribution is -2.36. The van der Waals surface area contributed by atoms with Gasteiger partial charge in [0.25, 0.3) is 5.82 Å². The third-order valence-corrected chi connectivity index (χ3v) is 5.07. The topological polar surface area (TPSA) is 8.81 Å². The van der Waals surface area contributed by atoms with Crippen molar-refractivity contribution in [1.29, 1.82) is 0 Å². The Balaban J connectivity index is 2.20. The molecule has 0 saturated carbocycles. The van der Waals surface area contributed by atoms with Crippen LogP contribution in [0.25, 0.3) is 11.0 Å². The molecule has 2 aromatic carbocycles. The molecule has 120 valence electrons. The Bertz CT molecular complexity index is 848. The molecule has 0 unspecified atom stereocenters. The minimum Gasteiger partial charge on any atom is -0.227 e. The monoisotopic (exact) mass is 367 g/mol. The van der Waals surface area contributed by atoms with Gasteiger partial charge in [0.05, 0.1) is 6.54 Å². The van der Waals surface area contributed by atoms with E-state index in [2.05, 4.69) is 29.0 Å². The molecule has 23 heavy (non-hydrogen) atoms. The number of imidazole rings is 1. The number of aryl methyl sites for hydroxylation is 1. The molecule has 0 radical (unpaired) electrons. The minimum absolute atomic E-state index is 0.623. The maximum Gasteiger partial charge on any atom is 0.254 e. The normalized spacial score (nSPS) is 11.3. The third kappa shape index (κ3) is 3.08. The molecule has 0 N–H and O–H groups in total. The number of fused-ring (bicyclic) bond motifs is 1. The standard InChI is InChI=1S/C18H18Cl3N2/c1-3-9-22-12(2)23(18-10-13(19)7-8-17(18)22)11-14-15(20)5-4-6-16(14)21/h4-8,10H,3,9,11H2,1-2H3/q+1. The molecule has 5 heteroatoms. The summed E-state index contributed by atoms with van der Waals surface area (Å²) >= 11 is 18.9. The van der Waals surface area contributed by atoms with Crippen LogP contribution in [0.4, 0.5) is 0 Å². The number of halogens is 3. The average molecular weight is 369 g/mol. The lowest BCUT2D eigenvalue weighted by atomic mass is 10.2. The summed E-state index contributed by atoms with van der Waals surface area (Å²) in [7, 11) is 0. The highest BCUT2D eigenvalue weighted by molar-refractivity contribution is 6.36. The Hall–Kier alpha value is -1.22. The first kappa shape index (κ1) is 16.6. The molecule has 0 fully saturated rings. The van der Waals surface area contributed by atoms with Crippen molar-refractivity contribution in [2.45, 2.75) is 33.4 Å². The molecule has 2 nitrogen and oxygen atoms in total. The Kier molecular flexibility index (Phi) is 4.86. The van der Waals surface area contributed by atoms with Gasteiger partial charge in [0.2, 0.25) is 0 Å². The van der Waals surface area contributed by atoms with Gasteiger partial charge in [-0.1, -0.05) is 47.8 Å². The zero-order valence-electron chi connectivity index (χ0n) is 13.1. The van der Waals surface area contributed by atoms with Crippen LogP contribution < -0.4 is 4.57 Å². The zero-order valence-corrected chi connectivity index (χ0v) is 15.4. The molecule has 0 aliphatic carbocycles. The number of hydrogen-bond acceptors (Lipinski definition) is 0. The van der Waals surface area contributed by atoms with Crippen LogP contribution in [0.5, 0.6) is 0 Å². The molecule has 3 rings (SSSR count). The first-order valence-electron chi connectivity index (χ1n) is 7.64. The highest BCUT2D eigenvalue weighted by atomic mass is 35.5. The smallest absolute Gasteiger partial charge is 0.227 e. The summed E-state index contributed by atoms with van der Waals surface area (Å²) in [6.07, 6.45) is 1.07. The molecule has 0 aliphatic rings. The number of aromatic nitrogens is 2. The van der Waals surface area contributed by atoms with Crippen molar-refractivity contribution in [2.75, 3.05) is 0 Å². The first-order valence-corrected chi connectivity index (χ1v) is 8.77. The summed E-state index contributed by atoms with van der Waals surface area (Å²) in [6, 6.07) is 11.6. The van der Waals surface area contributed by atoms with Gasteiger partial charge < -0.3 is 0 Å². The van der Waals surface area contributed by atoms with E-state index in [1.807, 2.05) is 30.3 Å². The molecular weight excluding hydrogens is 351 g/mol. The van der Waals surface area contributed by atoms with Crippen LogP contribution >= 0.6 is 34.8 Å². The van der Waals surface area contributed by atoms with Crippen molar-refractivity contribution >= 4 is 45.8 Å². The molecule has 0 aliphatic heterocycles. The summed E-state index contributed by atoms with van der Waals surface area (Å²) in [5.74, 6) is 1.17. The van der Waals surface area contributed by atoms with Crippen LogP contribution in [0.3, 0.4) is 0 Å². The predicted molar refractivity (Wildman–Crippen MR) is 97.7 cm³/mol. The van der Waals surface area contributed by atoms with Crippen LogP contribution in [-0.4, -0.2) is 4.57 Å². The summed E-state index contributed by atoms with van der Waals surface area (Å²) in [4.78, 5) is 0. The molecule has 0 saturated heterocycles. The van der Waals surface area contributed by atoms with Crippen molar-refractivity contribution in [1.82, 2.24) is 4.57 Å². The highest BCUT2D eigenvalue weighted by Gasteiger charge is 2.23. The van der Waals surface area contributed by atoms with E-state index in [0.29, 0.717) is 16.6 Å². The van der Waals surface area contributed by atoms with Gasteiger partial charge in [0.15, 0.2) is 11.0 Å². The second kappa shape index (κ2) is 6.72. The van der Waals surface area contributed by atoms with Crippen LogP contribution in [-0.2, 0) is 13.1 Å². The highest BCUT2D eigenvalue weighted by Crippen LogP contribution is 2.28. The van der Waals surface area contributed by atoms with Crippen molar-refractivity contribution in [2.24, 2.45) is 0 Å². The number of hydrogen-bond donors (Lipinski definition) is 0. The van der Waals surface area contributed by atoms with Crippen LogP contribution in [0.1, 0.15) is 24.7 Å². The second-order valence-electron chi connectivity index (χ2n) is 5.62. The van der Waals surface area contributed by atoms with Gasteiger partial charge >= 0.3 is 0 Å². The molecule has 0 bridgehead atoms. The lowest BCUT2D eigenvalue weighted by molar-refractivity contribution is -0.678. The molecule has 1 aromatic heterocycles. The fourth-order valence-corrected chi connectivity index (χ4v) is 3.67. The Morgan fingerprint density at radius 3 is 2.39 bits per heavy atom. The Morgan fingerprint density at radius 1 is 1.04 bits per heavy atom. The largest absolute Gasteiger partial charge is 0.254 e. The van der Waals surface area contributed by atoms with E-state index >= 15 is 0 Å².